The van der Waals surface area contributed by atoms with Gasteiger partial charge in [0.2, 0.25) is 0 Å². The highest BCUT2D eigenvalue weighted by Crippen LogP contribution is 2.23. The Morgan fingerprint density at radius 3 is 2.42 bits per heavy atom. The molecule has 0 N–H and O–H groups in total. The molecular formula is C26H35N3O2. The maximum atomic E-state index is 5.45. The van der Waals surface area contributed by atoms with Crippen LogP contribution in [0.5, 0.6) is 11.5 Å². The molecule has 2 aliphatic rings. The molecule has 166 valence electrons. The Morgan fingerprint density at radius 2 is 1.68 bits per heavy atom. The van der Waals surface area contributed by atoms with Gasteiger partial charge in [0, 0.05) is 56.6 Å². The molecule has 2 heterocycles. The molecule has 2 aromatic rings. The maximum Gasteiger partial charge on any atom is 0.126 e. The van der Waals surface area contributed by atoms with Crippen LogP contribution >= 0.6 is 0 Å². The zero-order valence-electron chi connectivity index (χ0n) is 18.9. The highest BCUT2D eigenvalue weighted by Gasteiger charge is 2.27. The zero-order valence-corrected chi connectivity index (χ0v) is 18.9. The number of piperazine rings is 1. The summed E-state index contributed by atoms with van der Waals surface area (Å²) in [5, 5.41) is 0. The van der Waals surface area contributed by atoms with E-state index >= 15 is 0 Å². The molecule has 4 rings (SSSR count). The first-order valence-electron chi connectivity index (χ1n) is 11.4. The van der Waals surface area contributed by atoms with Gasteiger partial charge in [-0.25, -0.2) is 0 Å². The second-order valence-corrected chi connectivity index (χ2v) is 8.42. The van der Waals surface area contributed by atoms with Gasteiger partial charge in [-0.2, -0.15) is 0 Å². The number of ether oxygens (including phenoxy) is 2. The molecule has 0 unspecified atom stereocenters. The summed E-state index contributed by atoms with van der Waals surface area (Å²) in [6.45, 7) is 7.83. The Morgan fingerprint density at radius 1 is 0.903 bits per heavy atom. The Hall–Kier alpha value is -2.50. The molecule has 0 aromatic heterocycles. The Kier molecular flexibility index (Phi) is 7.49. The SMILES string of the molecule is COc1ccc(N2CCN([C@@H]3CCCN(C/C=C/c4ccccc4OC)C3)CC2)cc1. The number of hydrogen-bond acceptors (Lipinski definition) is 5. The lowest BCUT2D eigenvalue weighted by Gasteiger charge is -2.43. The summed E-state index contributed by atoms with van der Waals surface area (Å²) in [5.41, 5.74) is 2.44. The third kappa shape index (κ3) is 5.60. The zero-order chi connectivity index (χ0) is 21.5. The molecule has 2 aliphatic heterocycles. The van der Waals surface area contributed by atoms with Gasteiger partial charge >= 0.3 is 0 Å². The van der Waals surface area contributed by atoms with Crippen LogP contribution in [-0.2, 0) is 0 Å². The van der Waals surface area contributed by atoms with Gasteiger partial charge in [0.15, 0.2) is 0 Å². The standard InChI is InChI=1S/C26H35N3O2/c1-30-25-13-11-23(12-14-25)28-17-19-29(20-18-28)24-9-6-16-27(21-24)15-5-8-22-7-3-4-10-26(22)31-2/h3-5,7-8,10-14,24H,6,9,15-21H2,1-2H3/b8-5+/t24-/m1/s1. The molecule has 0 amide bonds. The maximum absolute atomic E-state index is 5.45. The third-order valence-corrected chi connectivity index (χ3v) is 6.55. The van der Waals surface area contributed by atoms with Gasteiger partial charge in [0.05, 0.1) is 14.2 Å². The van der Waals surface area contributed by atoms with Crippen molar-refractivity contribution in [2.45, 2.75) is 18.9 Å². The van der Waals surface area contributed by atoms with E-state index in [9.17, 15) is 0 Å². The minimum absolute atomic E-state index is 0.673. The van der Waals surface area contributed by atoms with Crippen LogP contribution < -0.4 is 14.4 Å². The van der Waals surface area contributed by atoms with Gasteiger partial charge in [0.25, 0.3) is 0 Å². The number of rotatable bonds is 7. The number of para-hydroxylation sites is 1. The molecule has 2 saturated heterocycles. The van der Waals surface area contributed by atoms with Gasteiger partial charge in [-0.05, 0) is 49.7 Å². The van der Waals surface area contributed by atoms with Crippen molar-refractivity contribution >= 4 is 11.8 Å². The minimum atomic E-state index is 0.673. The Labute approximate surface area is 186 Å². The summed E-state index contributed by atoms with van der Waals surface area (Å²) in [5.74, 6) is 1.86. The van der Waals surface area contributed by atoms with Gasteiger partial charge in [-0.15, -0.1) is 0 Å². The van der Waals surface area contributed by atoms with E-state index < -0.39 is 0 Å². The fraction of sp³-hybridized carbons (Fsp3) is 0.462. The van der Waals surface area contributed by atoms with E-state index in [-0.39, 0.29) is 0 Å². The van der Waals surface area contributed by atoms with Gasteiger partial charge in [0.1, 0.15) is 11.5 Å². The van der Waals surface area contributed by atoms with Crippen molar-refractivity contribution in [1.82, 2.24) is 9.80 Å². The van der Waals surface area contributed by atoms with Crippen LogP contribution in [-0.4, -0.2) is 75.9 Å². The molecule has 0 bridgehead atoms. The van der Waals surface area contributed by atoms with Crippen LogP contribution in [0.1, 0.15) is 18.4 Å². The predicted molar refractivity (Wildman–Crippen MR) is 128 cm³/mol. The summed E-state index contributed by atoms with van der Waals surface area (Å²) >= 11 is 0. The molecule has 31 heavy (non-hydrogen) atoms. The van der Waals surface area contributed by atoms with E-state index in [1.165, 1.54) is 31.6 Å². The highest BCUT2D eigenvalue weighted by molar-refractivity contribution is 5.57. The first-order chi connectivity index (χ1) is 15.3. The highest BCUT2D eigenvalue weighted by atomic mass is 16.5. The molecule has 2 fully saturated rings. The van der Waals surface area contributed by atoms with Crippen molar-refractivity contribution < 1.29 is 9.47 Å². The minimum Gasteiger partial charge on any atom is -0.497 e. The fourth-order valence-corrected chi connectivity index (χ4v) is 4.77. The topological polar surface area (TPSA) is 28.2 Å². The lowest BCUT2D eigenvalue weighted by Crippen LogP contribution is -2.55. The third-order valence-electron chi connectivity index (χ3n) is 6.55. The second kappa shape index (κ2) is 10.7. The first-order valence-corrected chi connectivity index (χ1v) is 11.4. The van der Waals surface area contributed by atoms with Crippen LogP contribution in [0, 0.1) is 0 Å². The van der Waals surface area contributed by atoms with E-state index in [0.717, 1.165) is 49.8 Å². The number of methoxy groups -OCH3 is 2. The summed E-state index contributed by atoms with van der Waals surface area (Å²) in [6.07, 6.45) is 7.07. The van der Waals surface area contributed by atoms with Crippen molar-refractivity contribution in [3.05, 3.63) is 60.2 Å². The molecule has 0 spiro atoms. The van der Waals surface area contributed by atoms with Crippen LogP contribution in [0.15, 0.2) is 54.6 Å². The molecule has 1 atom stereocenters. The summed E-state index contributed by atoms with van der Waals surface area (Å²) in [4.78, 5) is 7.79. The molecule has 0 saturated carbocycles. The van der Waals surface area contributed by atoms with E-state index in [4.69, 9.17) is 9.47 Å². The molecule has 0 radical (unpaired) electrons. The summed E-state index contributed by atoms with van der Waals surface area (Å²) in [6, 6.07) is 17.3. The lowest BCUT2D eigenvalue weighted by molar-refractivity contribution is 0.0991. The smallest absolute Gasteiger partial charge is 0.126 e. The van der Waals surface area contributed by atoms with E-state index in [2.05, 4.69) is 63.2 Å². The van der Waals surface area contributed by atoms with Gasteiger partial charge in [-0.3, -0.25) is 9.80 Å². The molecule has 0 aliphatic carbocycles. The molecule has 5 nitrogen and oxygen atoms in total. The van der Waals surface area contributed by atoms with Crippen molar-refractivity contribution in [3.8, 4) is 11.5 Å². The van der Waals surface area contributed by atoms with Crippen molar-refractivity contribution in [2.75, 3.05) is 64.9 Å². The average molecular weight is 422 g/mol. The van der Waals surface area contributed by atoms with Crippen molar-refractivity contribution in [2.24, 2.45) is 0 Å². The van der Waals surface area contributed by atoms with Crippen LogP contribution in [0.4, 0.5) is 5.69 Å². The van der Waals surface area contributed by atoms with Gasteiger partial charge < -0.3 is 14.4 Å². The van der Waals surface area contributed by atoms with Crippen molar-refractivity contribution in [1.29, 1.82) is 0 Å². The van der Waals surface area contributed by atoms with Crippen molar-refractivity contribution in [3.63, 3.8) is 0 Å². The van der Waals surface area contributed by atoms with Gasteiger partial charge in [-0.1, -0.05) is 30.4 Å². The quantitative estimate of drug-likeness (QED) is 0.674. The van der Waals surface area contributed by atoms with Crippen LogP contribution in [0.25, 0.3) is 6.08 Å². The molecule has 2 aromatic carbocycles. The number of piperidine rings is 1. The Balaban J connectivity index is 1.26. The monoisotopic (exact) mass is 421 g/mol. The second-order valence-electron chi connectivity index (χ2n) is 8.42. The Bertz CT molecular complexity index is 844. The normalized spacial score (nSPS) is 20.8. The fourth-order valence-electron chi connectivity index (χ4n) is 4.77. The first kappa shape index (κ1) is 21.7. The lowest BCUT2D eigenvalue weighted by atomic mass is 10.0. The number of benzene rings is 2. The van der Waals surface area contributed by atoms with Crippen LogP contribution in [0.2, 0.25) is 0 Å². The van der Waals surface area contributed by atoms with E-state index in [0.29, 0.717) is 6.04 Å². The van der Waals surface area contributed by atoms with Crippen LogP contribution in [0.3, 0.4) is 0 Å². The van der Waals surface area contributed by atoms with E-state index in [1.54, 1.807) is 14.2 Å². The summed E-state index contributed by atoms with van der Waals surface area (Å²) in [7, 11) is 3.45. The summed E-state index contributed by atoms with van der Waals surface area (Å²) < 4.78 is 10.7. The number of anilines is 1. The molecular weight excluding hydrogens is 386 g/mol. The predicted octanol–water partition coefficient (Wildman–Crippen LogP) is 4.00. The molecule has 5 heteroatoms. The number of nitrogens with zero attached hydrogens (tertiary/aromatic N) is 3. The number of hydrogen-bond donors (Lipinski definition) is 0. The van der Waals surface area contributed by atoms with E-state index in [1.807, 2.05) is 12.1 Å². The number of likely N-dealkylation sites (tertiary alicyclic amines) is 1. The largest absolute Gasteiger partial charge is 0.497 e. The average Bonchev–Trinajstić information content (AvgIpc) is 2.85.